The third-order valence-corrected chi connectivity index (χ3v) is 6.96. The minimum atomic E-state index is -0.435. The van der Waals surface area contributed by atoms with Crippen molar-refractivity contribution >= 4 is 23.2 Å². The molecule has 2 N–H and O–H groups in total. The molecule has 2 amide bonds. The van der Waals surface area contributed by atoms with Gasteiger partial charge in [0.15, 0.2) is 0 Å². The van der Waals surface area contributed by atoms with Gasteiger partial charge in [0.05, 0.1) is 24.3 Å². The van der Waals surface area contributed by atoms with Gasteiger partial charge < -0.3 is 29.6 Å². The first-order valence-electron chi connectivity index (χ1n) is 11.8. The summed E-state index contributed by atoms with van der Waals surface area (Å²) in [6.45, 7) is 2.68. The molecule has 4 rings (SSSR count). The van der Waals surface area contributed by atoms with Gasteiger partial charge in [-0.2, -0.15) is 0 Å². The Labute approximate surface area is 214 Å². The number of nitrogens with zero attached hydrogens (tertiary/aromatic N) is 3. The molecule has 36 heavy (non-hydrogen) atoms. The average molecular weight is 510 g/mol. The second-order valence-electron chi connectivity index (χ2n) is 9.22. The van der Waals surface area contributed by atoms with E-state index in [0.717, 1.165) is 40.8 Å². The van der Waals surface area contributed by atoms with Gasteiger partial charge in [-0.3, -0.25) is 9.59 Å². The van der Waals surface area contributed by atoms with Crippen LogP contribution in [0.2, 0.25) is 0 Å². The van der Waals surface area contributed by atoms with Crippen LogP contribution in [0.1, 0.15) is 43.1 Å². The van der Waals surface area contributed by atoms with E-state index in [1.165, 1.54) is 22.3 Å². The summed E-state index contributed by atoms with van der Waals surface area (Å²) in [6.07, 6.45) is 0.915. The topological polar surface area (TPSA) is 93.6 Å². The van der Waals surface area contributed by atoms with Crippen molar-refractivity contribution in [3.8, 4) is 17.2 Å². The van der Waals surface area contributed by atoms with Crippen LogP contribution in [0.25, 0.3) is 0 Å². The number of carbonyl (C=O) groups is 2. The summed E-state index contributed by atoms with van der Waals surface area (Å²) in [4.78, 5) is 32.5. The summed E-state index contributed by atoms with van der Waals surface area (Å²) in [6, 6.07) is 12.0. The zero-order valence-corrected chi connectivity index (χ0v) is 21.5. The number of thiophene rings is 1. The summed E-state index contributed by atoms with van der Waals surface area (Å²) < 4.78 is 5.86. The number of phenols is 2. The van der Waals surface area contributed by atoms with Crippen molar-refractivity contribution in [1.82, 2.24) is 14.7 Å². The highest BCUT2D eigenvalue weighted by Crippen LogP contribution is 2.33. The van der Waals surface area contributed by atoms with Crippen LogP contribution < -0.4 is 4.74 Å². The highest BCUT2D eigenvalue weighted by molar-refractivity contribution is 7.09. The largest absolute Gasteiger partial charge is 0.507 e. The van der Waals surface area contributed by atoms with E-state index in [-0.39, 0.29) is 22.6 Å². The molecule has 0 aliphatic carbocycles. The fraction of sp³-hybridized carbons (Fsp3) is 0.333. The van der Waals surface area contributed by atoms with Gasteiger partial charge in [-0.15, -0.1) is 11.3 Å². The predicted octanol–water partition coefficient (Wildman–Crippen LogP) is 3.92. The number of benzene rings is 2. The monoisotopic (exact) mass is 509 g/mol. The number of carbonyl (C=O) groups excluding carboxylic acids is 2. The molecule has 0 spiro atoms. The molecule has 2 heterocycles. The van der Waals surface area contributed by atoms with Crippen molar-refractivity contribution in [3.05, 3.63) is 75.0 Å². The second-order valence-corrected chi connectivity index (χ2v) is 10.3. The molecule has 0 saturated carbocycles. The molecule has 0 unspecified atom stereocenters. The normalized spacial score (nSPS) is 12.6. The lowest BCUT2D eigenvalue weighted by atomic mass is 10.1. The first-order valence-corrected chi connectivity index (χ1v) is 12.6. The molecule has 9 heteroatoms. The highest BCUT2D eigenvalue weighted by atomic mass is 32.1. The van der Waals surface area contributed by atoms with Crippen molar-refractivity contribution < 1.29 is 24.5 Å². The van der Waals surface area contributed by atoms with E-state index in [1.54, 1.807) is 11.9 Å². The molecule has 2 aromatic carbocycles. The maximum atomic E-state index is 13.3. The number of hydrogen-bond acceptors (Lipinski definition) is 7. The Hall–Kier alpha value is -3.56. The van der Waals surface area contributed by atoms with Crippen molar-refractivity contribution in [3.63, 3.8) is 0 Å². The molecule has 8 nitrogen and oxygen atoms in total. The summed E-state index contributed by atoms with van der Waals surface area (Å²) in [7, 11) is 5.68. The number of hydrogen-bond donors (Lipinski definition) is 2. The number of phenolic OH excluding ortho intramolecular Hbond substituents is 2. The number of rotatable bonds is 9. The van der Waals surface area contributed by atoms with Crippen LogP contribution in [0, 0.1) is 0 Å². The van der Waals surface area contributed by atoms with E-state index in [0.29, 0.717) is 26.2 Å². The number of amides is 2. The molecule has 1 aliphatic heterocycles. The van der Waals surface area contributed by atoms with Gasteiger partial charge in [-0.25, -0.2) is 0 Å². The zero-order valence-electron chi connectivity index (χ0n) is 20.7. The fourth-order valence-corrected chi connectivity index (χ4v) is 4.94. The van der Waals surface area contributed by atoms with Gasteiger partial charge in [0.25, 0.3) is 11.8 Å². The van der Waals surface area contributed by atoms with E-state index in [1.807, 2.05) is 49.8 Å². The van der Waals surface area contributed by atoms with Gasteiger partial charge in [0.2, 0.25) is 0 Å². The van der Waals surface area contributed by atoms with Gasteiger partial charge in [0.1, 0.15) is 17.2 Å². The molecule has 3 aromatic rings. The molecule has 0 bridgehead atoms. The second kappa shape index (κ2) is 11.0. The Kier molecular flexibility index (Phi) is 7.81. The van der Waals surface area contributed by atoms with Crippen LogP contribution in [0.5, 0.6) is 17.2 Å². The smallest absolute Gasteiger partial charge is 0.258 e. The Bertz CT molecular complexity index is 1240. The molecule has 1 aromatic heterocycles. The van der Waals surface area contributed by atoms with Crippen LogP contribution in [0.4, 0.5) is 0 Å². The zero-order chi connectivity index (χ0) is 25.8. The third kappa shape index (κ3) is 5.80. The fourth-order valence-electron chi connectivity index (χ4n) is 4.18. The number of fused-ring (bicyclic) bond motifs is 1. The third-order valence-electron chi connectivity index (χ3n) is 6.10. The minimum absolute atomic E-state index is 0.0198. The Morgan fingerprint density at radius 2 is 1.75 bits per heavy atom. The minimum Gasteiger partial charge on any atom is -0.507 e. The molecular weight excluding hydrogens is 478 g/mol. The Morgan fingerprint density at radius 3 is 2.47 bits per heavy atom. The number of aromatic hydroxyl groups is 2. The number of ether oxygens (including phenoxy) is 1. The van der Waals surface area contributed by atoms with Gasteiger partial charge in [0, 0.05) is 37.6 Å². The first-order chi connectivity index (χ1) is 17.2. The van der Waals surface area contributed by atoms with Gasteiger partial charge >= 0.3 is 0 Å². The standard InChI is InChI=1S/C27H31N3O5S/c1-28(2)9-5-10-35-20-8-7-18-15-30(16-19(18)12-20)27(34)23-13-22(24(31)14-25(23)32)26(33)29(3)17-21-6-4-11-36-21/h4,6-8,11-14,31-32H,5,9-10,15-17H2,1-3H3. The Morgan fingerprint density at radius 1 is 1.00 bits per heavy atom. The van der Waals surface area contributed by atoms with Crippen LogP contribution in [0.3, 0.4) is 0 Å². The lowest BCUT2D eigenvalue weighted by Crippen LogP contribution is -2.28. The van der Waals surface area contributed by atoms with E-state index >= 15 is 0 Å². The van der Waals surface area contributed by atoms with Crippen molar-refractivity contribution in [2.75, 3.05) is 34.3 Å². The Balaban J connectivity index is 1.46. The molecule has 190 valence electrons. The lowest BCUT2D eigenvalue weighted by molar-refractivity contribution is 0.0748. The maximum Gasteiger partial charge on any atom is 0.258 e. The van der Waals surface area contributed by atoms with E-state index in [4.69, 9.17) is 4.74 Å². The molecule has 1 aliphatic rings. The van der Waals surface area contributed by atoms with E-state index in [2.05, 4.69) is 4.90 Å². The summed E-state index contributed by atoms with van der Waals surface area (Å²) >= 11 is 1.53. The summed E-state index contributed by atoms with van der Waals surface area (Å²) in [5, 5.41) is 22.7. The van der Waals surface area contributed by atoms with Crippen molar-refractivity contribution in [2.45, 2.75) is 26.1 Å². The van der Waals surface area contributed by atoms with E-state index in [9.17, 15) is 19.8 Å². The average Bonchev–Trinajstić information content (AvgIpc) is 3.50. The molecule has 0 atom stereocenters. The SMILES string of the molecule is CN(C)CCCOc1ccc2c(c1)CN(C(=O)c1cc(C(=O)N(C)Cc3cccs3)c(O)cc1O)C2. The first kappa shape index (κ1) is 25.5. The van der Waals surface area contributed by atoms with E-state index < -0.39 is 11.8 Å². The van der Waals surface area contributed by atoms with Crippen molar-refractivity contribution in [1.29, 1.82) is 0 Å². The van der Waals surface area contributed by atoms with Gasteiger partial charge in [-0.05, 0) is 61.3 Å². The summed E-state index contributed by atoms with van der Waals surface area (Å²) in [5.41, 5.74) is 1.95. The van der Waals surface area contributed by atoms with Crippen LogP contribution in [0.15, 0.2) is 47.8 Å². The van der Waals surface area contributed by atoms with Gasteiger partial charge in [-0.1, -0.05) is 12.1 Å². The lowest BCUT2D eigenvalue weighted by Gasteiger charge is -2.20. The summed E-state index contributed by atoms with van der Waals surface area (Å²) in [5.74, 6) is -0.817. The quantitative estimate of drug-likeness (QED) is 0.425. The maximum absolute atomic E-state index is 13.3. The molecule has 0 saturated heterocycles. The van der Waals surface area contributed by atoms with Crippen LogP contribution >= 0.6 is 11.3 Å². The van der Waals surface area contributed by atoms with Crippen LogP contribution in [-0.2, 0) is 19.6 Å². The highest BCUT2D eigenvalue weighted by Gasteiger charge is 2.28. The molecular formula is C27H31N3O5S. The van der Waals surface area contributed by atoms with Crippen molar-refractivity contribution in [2.24, 2.45) is 0 Å². The predicted molar refractivity (Wildman–Crippen MR) is 139 cm³/mol. The molecule has 0 fully saturated rings. The van der Waals surface area contributed by atoms with Crippen LogP contribution in [-0.4, -0.2) is 71.0 Å². The molecule has 0 radical (unpaired) electrons.